The van der Waals surface area contributed by atoms with Crippen LogP contribution in [0.1, 0.15) is 18.9 Å². The first-order chi connectivity index (χ1) is 15.8. The Morgan fingerprint density at radius 2 is 1.88 bits per heavy atom. The zero-order chi connectivity index (χ0) is 23.7. The van der Waals surface area contributed by atoms with Gasteiger partial charge in [-0.3, -0.25) is 14.4 Å². The van der Waals surface area contributed by atoms with Gasteiger partial charge in [0.25, 0.3) is 5.91 Å². The molecule has 4 rings (SSSR count). The van der Waals surface area contributed by atoms with Crippen LogP contribution in [0.25, 0.3) is 20.8 Å². The number of hydrogen-bond acceptors (Lipinski definition) is 7. The normalized spacial score (nSPS) is 16.3. The number of hydrogen-bond donors (Lipinski definition) is 0. The maximum Gasteiger partial charge on any atom is 0.257 e. The number of methoxy groups -OCH3 is 2. The molecule has 1 atom stereocenters. The molecule has 2 heterocycles. The first-order valence-corrected chi connectivity index (χ1v) is 11.3. The van der Waals surface area contributed by atoms with Gasteiger partial charge in [0.1, 0.15) is 11.0 Å². The van der Waals surface area contributed by atoms with Crippen molar-refractivity contribution < 1.29 is 23.9 Å². The van der Waals surface area contributed by atoms with E-state index in [0.29, 0.717) is 5.69 Å². The summed E-state index contributed by atoms with van der Waals surface area (Å²) in [6, 6.07) is 12.4. The zero-order valence-electron chi connectivity index (χ0n) is 18.9. The van der Waals surface area contributed by atoms with Gasteiger partial charge in [-0.1, -0.05) is 6.07 Å². The second-order valence-corrected chi connectivity index (χ2v) is 8.93. The number of aryl methyl sites for hydroxylation is 1. The molecule has 33 heavy (non-hydrogen) atoms. The zero-order valence-corrected chi connectivity index (χ0v) is 19.7. The Labute approximate surface area is 195 Å². The number of amides is 3. The van der Waals surface area contributed by atoms with E-state index in [0.717, 1.165) is 25.7 Å². The van der Waals surface area contributed by atoms with E-state index in [-0.39, 0.29) is 24.8 Å². The van der Waals surface area contributed by atoms with E-state index in [1.54, 1.807) is 23.5 Å². The minimum atomic E-state index is -0.894. The third kappa shape index (κ3) is 4.52. The Morgan fingerprint density at radius 3 is 2.52 bits per heavy atom. The van der Waals surface area contributed by atoms with E-state index < -0.39 is 18.2 Å². The third-order valence-electron chi connectivity index (χ3n) is 5.69. The van der Waals surface area contributed by atoms with Gasteiger partial charge in [-0.25, -0.2) is 9.88 Å². The van der Waals surface area contributed by atoms with Crippen LogP contribution in [0, 0.1) is 6.92 Å². The molecule has 0 saturated carbocycles. The van der Waals surface area contributed by atoms with Crippen molar-refractivity contribution in [3.8, 4) is 10.6 Å². The first-order valence-electron chi connectivity index (χ1n) is 10.5. The number of carbonyl (C=O) groups is 3. The number of fused-ring (bicyclic) bond motifs is 1. The maximum absolute atomic E-state index is 13.1. The minimum absolute atomic E-state index is 0.0515. The Balaban J connectivity index is 1.56. The number of benzene rings is 2. The molecule has 0 radical (unpaired) electrons. The molecule has 2 aromatic carbocycles. The van der Waals surface area contributed by atoms with Crippen molar-refractivity contribution in [2.24, 2.45) is 0 Å². The van der Waals surface area contributed by atoms with Gasteiger partial charge in [0, 0.05) is 26.7 Å². The summed E-state index contributed by atoms with van der Waals surface area (Å²) in [5, 5.41) is 0.868. The highest BCUT2D eigenvalue weighted by molar-refractivity contribution is 7.21. The van der Waals surface area contributed by atoms with Crippen LogP contribution >= 0.6 is 11.3 Å². The summed E-state index contributed by atoms with van der Waals surface area (Å²) in [7, 11) is 2.91. The number of rotatable bonds is 7. The molecule has 3 aromatic rings. The van der Waals surface area contributed by atoms with Gasteiger partial charge in [0.2, 0.25) is 11.8 Å². The third-order valence-corrected chi connectivity index (χ3v) is 6.76. The predicted octanol–water partition coefficient (Wildman–Crippen LogP) is 3.37. The van der Waals surface area contributed by atoms with E-state index in [9.17, 15) is 14.4 Å². The van der Waals surface area contributed by atoms with Gasteiger partial charge >= 0.3 is 0 Å². The largest absolute Gasteiger partial charge is 0.354 e. The fourth-order valence-electron chi connectivity index (χ4n) is 3.92. The quantitative estimate of drug-likeness (QED) is 0.391. The summed E-state index contributed by atoms with van der Waals surface area (Å²) in [4.78, 5) is 45.3. The molecular formula is C24H25N3O5S. The van der Waals surface area contributed by atoms with Crippen molar-refractivity contribution in [3.05, 3.63) is 48.0 Å². The number of imide groups is 1. The highest BCUT2D eigenvalue weighted by Crippen LogP contribution is 2.33. The molecule has 1 fully saturated rings. The standard InChI is InChI=1S/C24H25N3O5S/c1-14-5-10-18-20(11-14)33-23(25-18)16-6-8-17(9-7-16)27-21(29)12-19(24(27)30)26(15(2)28)13-22(31-3)32-4/h5-11,19,22H,12-13H2,1-4H3. The van der Waals surface area contributed by atoms with Gasteiger partial charge in [-0.2, -0.15) is 0 Å². The van der Waals surface area contributed by atoms with Gasteiger partial charge in [-0.05, 0) is 48.9 Å². The van der Waals surface area contributed by atoms with Crippen molar-refractivity contribution in [2.45, 2.75) is 32.6 Å². The molecule has 0 bridgehead atoms. The van der Waals surface area contributed by atoms with Crippen LogP contribution in [0.3, 0.4) is 0 Å². The number of ether oxygens (including phenoxy) is 2. The van der Waals surface area contributed by atoms with E-state index in [1.807, 2.05) is 31.2 Å². The highest BCUT2D eigenvalue weighted by atomic mass is 32.1. The Morgan fingerprint density at radius 1 is 1.18 bits per heavy atom. The SMILES string of the molecule is COC(CN(C(C)=O)C1CC(=O)N(c2ccc(-c3nc4ccc(C)cc4s3)cc2)C1=O)OC. The van der Waals surface area contributed by atoms with Crippen LogP contribution in [0.2, 0.25) is 0 Å². The fourth-order valence-corrected chi connectivity index (χ4v) is 4.99. The molecular weight excluding hydrogens is 442 g/mol. The maximum atomic E-state index is 13.1. The van der Waals surface area contributed by atoms with Gasteiger partial charge in [0.15, 0.2) is 6.29 Å². The summed E-state index contributed by atoms with van der Waals surface area (Å²) in [6.45, 7) is 3.45. The van der Waals surface area contributed by atoms with E-state index in [2.05, 4.69) is 11.1 Å². The summed E-state index contributed by atoms with van der Waals surface area (Å²) < 4.78 is 11.4. The van der Waals surface area contributed by atoms with E-state index >= 15 is 0 Å². The fraction of sp³-hybridized carbons (Fsp3) is 0.333. The highest BCUT2D eigenvalue weighted by Gasteiger charge is 2.44. The van der Waals surface area contributed by atoms with E-state index in [4.69, 9.17) is 9.47 Å². The van der Waals surface area contributed by atoms with Crippen LogP contribution in [0.15, 0.2) is 42.5 Å². The van der Waals surface area contributed by atoms with Gasteiger partial charge in [-0.15, -0.1) is 11.3 Å². The second-order valence-electron chi connectivity index (χ2n) is 7.90. The van der Waals surface area contributed by atoms with E-state index in [1.165, 1.54) is 31.6 Å². The molecule has 0 N–H and O–H groups in total. The van der Waals surface area contributed by atoms with Crippen LogP contribution < -0.4 is 4.90 Å². The summed E-state index contributed by atoms with van der Waals surface area (Å²) in [5.41, 5.74) is 3.48. The van der Waals surface area contributed by atoms with Gasteiger partial charge in [0.05, 0.1) is 28.9 Å². The monoisotopic (exact) mass is 467 g/mol. The van der Waals surface area contributed by atoms with Crippen LogP contribution in [0.5, 0.6) is 0 Å². The lowest BCUT2D eigenvalue weighted by molar-refractivity contribution is -0.150. The average molecular weight is 468 g/mol. The molecule has 1 aliphatic heterocycles. The number of nitrogens with zero attached hydrogens (tertiary/aromatic N) is 3. The predicted molar refractivity (Wildman–Crippen MR) is 126 cm³/mol. The molecule has 1 unspecified atom stereocenters. The summed E-state index contributed by atoms with van der Waals surface area (Å²) in [5.74, 6) is -1.13. The molecule has 1 aliphatic rings. The molecule has 8 nitrogen and oxygen atoms in total. The molecule has 1 saturated heterocycles. The first kappa shape index (κ1) is 23.0. The lowest BCUT2D eigenvalue weighted by Crippen LogP contribution is -2.48. The second kappa shape index (κ2) is 9.38. The number of thiazole rings is 1. The van der Waals surface area contributed by atoms with Crippen molar-refractivity contribution in [1.82, 2.24) is 9.88 Å². The molecule has 0 spiro atoms. The minimum Gasteiger partial charge on any atom is -0.354 e. The Kier molecular flexibility index (Phi) is 6.55. The molecule has 0 aliphatic carbocycles. The average Bonchev–Trinajstić information content (AvgIpc) is 3.34. The van der Waals surface area contributed by atoms with Crippen LogP contribution in [-0.2, 0) is 23.9 Å². The van der Waals surface area contributed by atoms with Crippen LogP contribution in [0.4, 0.5) is 5.69 Å². The number of anilines is 1. The Hall–Kier alpha value is -3.14. The van der Waals surface area contributed by atoms with Crippen molar-refractivity contribution in [1.29, 1.82) is 0 Å². The number of carbonyl (C=O) groups excluding carboxylic acids is 3. The van der Waals surface area contributed by atoms with Gasteiger partial charge < -0.3 is 14.4 Å². The smallest absolute Gasteiger partial charge is 0.257 e. The lowest BCUT2D eigenvalue weighted by Gasteiger charge is -2.29. The van der Waals surface area contributed by atoms with Crippen LogP contribution in [-0.4, -0.2) is 60.7 Å². The van der Waals surface area contributed by atoms with Crippen molar-refractivity contribution in [3.63, 3.8) is 0 Å². The lowest BCUT2D eigenvalue weighted by atomic mass is 10.2. The molecule has 9 heteroatoms. The number of aromatic nitrogens is 1. The van der Waals surface area contributed by atoms with Crippen molar-refractivity contribution >= 4 is 45.0 Å². The topological polar surface area (TPSA) is 89.0 Å². The van der Waals surface area contributed by atoms with Crippen molar-refractivity contribution in [2.75, 3.05) is 25.7 Å². The summed E-state index contributed by atoms with van der Waals surface area (Å²) >= 11 is 1.59. The molecule has 1 aromatic heterocycles. The molecule has 172 valence electrons. The Bertz CT molecular complexity index is 1200. The molecule has 3 amide bonds. The summed E-state index contributed by atoms with van der Waals surface area (Å²) in [6.07, 6.45) is -0.778.